The number of para-hydroxylation sites is 2. The fraction of sp³-hybridized carbons (Fsp3) is 0.107. The van der Waals surface area contributed by atoms with Crippen molar-refractivity contribution in [2.24, 2.45) is 0 Å². The minimum Gasteiger partial charge on any atom is -0.497 e. The molecule has 36 heavy (non-hydrogen) atoms. The zero-order valence-electron chi connectivity index (χ0n) is 19.7. The fourth-order valence-electron chi connectivity index (χ4n) is 4.14. The molecule has 0 aliphatic rings. The zero-order chi connectivity index (χ0) is 25.2. The molecule has 0 bridgehead atoms. The van der Waals surface area contributed by atoms with Crippen LogP contribution in [0.4, 0.5) is 5.82 Å². The Bertz CT molecular complexity index is 1620. The fourth-order valence-corrected chi connectivity index (χ4v) is 4.69. The van der Waals surface area contributed by atoms with Crippen LogP contribution in [-0.4, -0.2) is 28.3 Å². The molecule has 8 heteroatoms. The number of methoxy groups -OCH3 is 1. The van der Waals surface area contributed by atoms with Crippen molar-refractivity contribution in [2.45, 2.75) is 6.92 Å². The third kappa shape index (κ3) is 4.45. The smallest absolute Gasteiger partial charge is 0.207 e. The van der Waals surface area contributed by atoms with Gasteiger partial charge < -0.3 is 15.2 Å². The van der Waals surface area contributed by atoms with Gasteiger partial charge in [0.1, 0.15) is 17.3 Å². The highest BCUT2D eigenvalue weighted by Crippen LogP contribution is 2.37. The molecule has 0 aliphatic heterocycles. The van der Waals surface area contributed by atoms with Gasteiger partial charge >= 0.3 is 0 Å². The summed E-state index contributed by atoms with van der Waals surface area (Å²) in [4.78, 5) is 9.60. The lowest BCUT2D eigenvalue weighted by Crippen LogP contribution is -2.11. The molecule has 5 aromatic rings. The number of hydrogen-bond acceptors (Lipinski definition) is 6. The largest absolute Gasteiger partial charge is 0.497 e. The average molecular weight is 559 g/mol. The Morgan fingerprint density at radius 3 is 2.33 bits per heavy atom. The third-order valence-corrected chi connectivity index (χ3v) is 6.64. The van der Waals surface area contributed by atoms with Crippen LogP contribution >= 0.6 is 28.1 Å². The Balaban J connectivity index is 1.83. The van der Waals surface area contributed by atoms with Crippen molar-refractivity contribution in [1.29, 1.82) is 0 Å². The Morgan fingerprint density at radius 2 is 1.64 bits per heavy atom. The van der Waals surface area contributed by atoms with Crippen molar-refractivity contribution in [1.82, 2.24) is 14.5 Å². The van der Waals surface area contributed by atoms with Crippen LogP contribution in [0.3, 0.4) is 0 Å². The number of aromatic nitrogens is 3. The van der Waals surface area contributed by atoms with Crippen LogP contribution in [0.5, 0.6) is 11.5 Å². The molecule has 0 unspecified atom stereocenters. The number of ether oxygens (including phenoxy) is 2. The van der Waals surface area contributed by atoms with Gasteiger partial charge in [-0.2, -0.15) is 4.98 Å². The van der Waals surface area contributed by atoms with E-state index in [-0.39, 0.29) is 0 Å². The van der Waals surface area contributed by atoms with E-state index in [0.29, 0.717) is 34.0 Å². The Hall–Kier alpha value is -3.75. The maximum Gasteiger partial charge on any atom is 0.207 e. The predicted molar refractivity (Wildman–Crippen MR) is 150 cm³/mol. The van der Waals surface area contributed by atoms with E-state index >= 15 is 0 Å². The molecule has 2 N–H and O–H groups in total. The lowest BCUT2D eigenvalue weighted by Gasteiger charge is -2.18. The number of anilines is 1. The van der Waals surface area contributed by atoms with Gasteiger partial charge in [-0.3, -0.25) is 4.57 Å². The summed E-state index contributed by atoms with van der Waals surface area (Å²) < 4.78 is 14.3. The minimum absolute atomic E-state index is 0.299. The predicted octanol–water partition coefficient (Wildman–Crippen LogP) is 7.24. The molecule has 2 heterocycles. The van der Waals surface area contributed by atoms with Crippen LogP contribution < -0.4 is 15.2 Å². The summed E-state index contributed by atoms with van der Waals surface area (Å²) in [5.41, 5.74) is 11.6. The minimum atomic E-state index is 0.299. The van der Waals surface area contributed by atoms with Crippen molar-refractivity contribution in [2.75, 3.05) is 19.5 Å². The molecule has 0 aliphatic carbocycles. The van der Waals surface area contributed by atoms with Crippen LogP contribution in [0.1, 0.15) is 6.92 Å². The quantitative estimate of drug-likeness (QED) is 0.221. The Labute approximate surface area is 222 Å². The van der Waals surface area contributed by atoms with Crippen molar-refractivity contribution in [3.05, 3.63) is 88.1 Å². The number of benzene rings is 3. The van der Waals surface area contributed by atoms with E-state index in [0.717, 1.165) is 38.3 Å². The summed E-state index contributed by atoms with van der Waals surface area (Å²) in [6.07, 6.45) is 0. The highest BCUT2D eigenvalue weighted by Gasteiger charge is 2.19. The van der Waals surface area contributed by atoms with Crippen molar-refractivity contribution >= 4 is 45.0 Å². The summed E-state index contributed by atoms with van der Waals surface area (Å²) in [5.74, 6) is 1.89. The third-order valence-electron chi connectivity index (χ3n) is 5.84. The van der Waals surface area contributed by atoms with Crippen molar-refractivity contribution < 1.29 is 9.47 Å². The highest BCUT2D eigenvalue weighted by atomic mass is 79.9. The van der Waals surface area contributed by atoms with Gasteiger partial charge in [0.25, 0.3) is 0 Å². The number of pyridine rings is 1. The second-order valence-corrected chi connectivity index (χ2v) is 9.29. The van der Waals surface area contributed by atoms with Gasteiger partial charge in [-0.15, -0.1) is 0 Å². The standard InChI is InChI=1S/C28H23BrN4O2S/c1-3-35-24-7-5-4-6-23(24)33-26(30)25-21(17-10-14-20(34-2)15-11-17)16-22(31-27(25)32-28(33)36)18-8-12-19(29)13-9-18/h4-16H,3,30H2,1-2H3. The molecule has 0 radical (unpaired) electrons. The van der Waals surface area contributed by atoms with Gasteiger partial charge in [0.15, 0.2) is 5.65 Å². The molecule has 5 rings (SSSR count). The normalized spacial score (nSPS) is 11.0. The van der Waals surface area contributed by atoms with Crippen LogP contribution in [0.25, 0.3) is 39.1 Å². The number of rotatable bonds is 6. The van der Waals surface area contributed by atoms with Gasteiger partial charge in [-0.25, -0.2) is 4.98 Å². The van der Waals surface area contributed by atoms with Crippen molar-refractivity contribution in [3.8, 4) is 39.6 Å². The topological polar surface area (TPSA) is 75.2 Å². The molecule has 2 aromatic heterocycles. The van der Waals surface area contributed by atoms with Crippen LogP contribution in [0.15, 0.2) is 83.3 Å². The van der Waals surface area contributed by atoms with E-state index in [9.17, 15) is 0 Å². The number of halogens is 1. The summed E-state index contributed by atoms with van der Waals surface area (Å²) in [6.45, 7) is 2.45. The Kier molecular flexibility index (Phi) is 6.71. The van der Waals surface area contributed by atoms with Crippen LogP contribution in [0.2, 0.25) is 0 Å². The lowest BCUT2D eigenvalue weighted by molar-refractivity contribution is 0.339. The molecule has 0 saturated heterocycles. The first-order valence-electron chi connectivity index (χ1n) is 11.4. The maximum atomic E-state index is 6.85. The highest BCUT2D eigenvalue weighted by molar-refractivity contribution is 9.10. The van der Waals surface area contributed by atoms with Gasteiger partial charge in [-0.05, 0) is 72.7 Å². The molecule has 180 valence electrons. The van der Waals surface area contributed by atoms with E-state index < -0.39 is 0 Å². The molecular weight excluding hydrogens is 536 g/mol. The number of nitrogens with two attached hydrogens (primary N) is 1. The lowest BCUT2D eigenvalue weighted by atomic mass is 9.99. The second-order valence-electron chi connectivity index (χ2n) is 8.00. The molecule has 0 atom stereocenters. The number of hydrogen-bond donors (Lipinski definition) is 1. The average Bonchev–Trinajstić information content (AvgIpc) is 2.89. The van der Waals surface area contributed by atoms with Gasteiger partial charge in [-0.1, -0.05) is 52.3 Å². The van der Waals surface area contributed by atoms with E-state index in [1.54, 1.807) is 11.7 Å². The molecule has 6 nitrogen and oxygen atoms in total. The molecular formula is C28H23BrN4O2S. The van der Waals surface area contributed by atoms with Gasteiger partial charge in [0, 0.05) is 10.0 Å². The van der Waals surface area contributed by atoms with Gasteiger partial charge in [0.2, 0.25) is 4.77 Å². The van der Waals surface area contributed by atoms with Crippen molar-refractivity contribution in [3.63, 3.8) is 0 Å². The molecule has 0 saturated carbocycles. The molecule has 3 aromatic carbocycles. The molecule has 0 spiro atoms. The first-order valence-corrected chi connectivity index (χ1v) is 12.6. The molecule has 0 amide bonds. The number of fused-ring (bicyclic) bond motifs is 1. The number of nitrogen functional groups attached to an aromatic ring is 1. The summed E-state index contributed by atoms with van der Waals surface area (Å²) in [7, 11) is 1.65. The van der Waals surface area contributed by atoms with E-state index in [1.807, 2.05) is 85.8 Å². The zero-order valence-corrected chi connectivity index (χ0v) is 22.1. The monoisotopic (exact) mass is 558 g/mol. The van der Waals surface area contributed by atoms with E-state index in [4.69, 9.17) is 37.4 Å². The van der Waals surface area contributed by atoms with E-state index in [1.165, 1.54) is 0 Å². The molecule has 0 fully saturated rings. The number of nitrogens with zero attached hydrogens (tertiary/aromatic N) is 3. The maximum absolute atomic E-state index is 6.85. The first-order chi connectivity index (χ1) is 17.5. The van der Waals surface area contributed by atoms with E-state index in [2.05, 4.69) is 15.9 Å². The van der Waals surface area contributed by atoms with Gasteiger partial charge in [0.05, 0.1) is 30.5 Å². The van der Waals surface area contributed by atoms with Crippen LogP contribution in [-0.2, 0) is 0 Å². The first kappa shape index (κ1) is 24.0. The van der Waals surface area contributed by atoms with Crippen LogP contribution in [0, 0.1) is 4.77 Å². The summed E-state index contributed by atoms with van der Waals surface area (Å²) in [5, 5.41) is 0.709. The SMILES string of the molecule is CCOc1ccccc1-n1c(N)c2c(-c3ccc(OC)cc3)cc(-c3ccc(Br)cc3)nc2nc1=S. The summed E-state index contributed by atoms with van der Waals surface area (Å²) >= 11 is 9.22. The summed E-state index contributed by atoms with van der Waals surface area (Å²) in [6, 6.07) is 25.5. The Morgan fingerprint density at radius 1 is 0.944 bits per heavy atom. The second kappa shape index (κ2) is 10.1.